The molecule has 84 heavy (non-hydrogen) atoms. The third kappa shape index (κ3) is 47.2. The summed E-state index contributed by atoms with van der Waals surface area (Å²) in [5.74, 6) is -1.25. The zero-order valence-corrected chi connectivity index (χ0v) is 54.3. The normalized spacial score (nSPS) is 18.9. The Balaban J connectivity index is 2.56. The van der Waals surface area contributed by atoms with E-state index in [0.29, 0.717) is 12.8 Å². The quantitative estimate of drug-likeness (QED) is 0.0195. The van der Waals surface area contributed by atoms with Crippen molar-refractivity contribution in [3.63, 3.8) is 0 Å². The molecule has 6 N–H and O–H groups in total. The summed E-state index contributed by atoms with van der Waals surface area (Å²) < 4.78 is 17.7. The molecule has 1 aliphatic rings. The van der Waals surface area contributed by atoms with Crippen molar-refractivity contribution in [1.29, 1.82) is 0 Å². The monoisotopic (exact) mass is 1180 g/mol. The van der Waals surface area contributed by atoms with Gasteiger partial charge in [0.25, 0.3) is 0 Å². The minimum atomic E-state index is -1.62. The minimum Gasteiger partial charge on any atom is -0.454 e. The maximum atomic E-state index is 13.4. The number of hydrogen-bond donors (Lipinski definition) is 6. The average molecular weight is 1180 g/mol. The summed E-state index contributed by atoms with van der Waals surface area (Å²) in [5.41, 5.74) is 0. The molecule has 0 aromatic heterocycles. The predicted molar refractivity (Wildman–Crippen MR) is 352 cm³/mol. The Morgan fingerprint density at radius 1 is 0.476 bits per heavy atom. The fourth-order valence-electron chi connectivity index (χ4n) is 10.9. The molecule has 0 aromatic carbocycles. The number of rotatable bonds is 60. The molecule has 1 amide bonds. The summed E-state index contributed by atoms with van der Waals surface area (Å²) in [6, 6.07) is -1.06. The second-order valence-corrected chi connectivity index (χ2v) is 24.2. The van der Waals surface area contributed by atoms with Gasteiger partial charge in [0.05, 0.1) is 25.4 Å². The number of allylic oxidation sites excluding steroid dienone is 11. The van der Waals surface area contributed by atoms with Crippen molar-refractivity contribution in [2.75, 3.05) is 13.2 Å². The molecule has 8 atom stereocenters. The number of ether oxygens (including phenoxy) is 3. The van der Waals surface area contributed by atoms with E-state index in [1.165, 1.54) is 193 Å². The number of unbranched alkanes of at least 4 members (excludes halogenated alkanes) is 36. The van der Waals surface area contributed by atoms with E-state index in [1.54, 1.807) is 6.08 Å². The summed E-state index contributed by atoms with van der Waals surface area (Å²) in [7, 11) is 0. The highest BCUT2D eigenvalue weighted by molar-refractivity contribution is 5.80. The molecule has 1 rings (SSSR count). The molecule has 1 aliphatic heterocycles. The second-order valence-electron chi connectivity index (χ2n) is 24.2. The summed E-state index contributed by atoms with van der Waals surface area (Å²) in [5, 5.41) is 57.1. The average Bonchev–Trinajstić information content (AvgIpc) is 3.54. The third-order valence-corrected chi connectivity index (χ3v) is 16.4. The number of esters is 1. The number of carbonyl (C=O) groups excluding carboxylic acids is 2. The smallest absolute Gasteiger partial charge is 0.306 e. The highest BCUT2D eigenvalue weighted by Crippen LogP contribution is 2.26. The van der Waals surface area contributed by atoms with Gasteiger partial charge >= 0.3 is 5.97 Å². The Kier molecular flexibility index (Phi) is 56.9. The first-order valence-corrected chi connectivity index (χ1v) is 35.2. The summed E-state index contributed by atoms with van der Waals surface area (Å²) >= 11 is 0. The Morgan fingerprint density at radius 3 is 1.26 bits per heavy atom. The van der Waals surface area contributed by atoms with Crippen LogP contribution in [-0.2, 0) is 23.8 Å². The Morgan fingerprint density at radius 2 is 0.857 bits per heavy atom. The molecule has 0 aromatic rings. The van der Waals surface area contributed by atoms with Gasteiger partial charge in [0.2, 0.25) is 5.91 Å². The van der Waals surface area contributed by atoms with Crippen molar-refractivity contribution in [3.8, 4) is 0 Å². The van der Waals surface area contributed by atoms with Crippen LogP contribution in [0.15, 0.2) is 72.9 Å². The van der Waals surface area contributed by atoms with Crippen molar-refractivity contribution >= 4 is 11.9 Å². The van der Waals surface area contributed by atoms with Crippen molar-refractivity contribution in [1.82, 2.24) is 5.32 Å². The Bertz CT molecular complexity index is 1640. The highest BCUT2D eigenvalue weighted by atomic mass is 16.7. The first-order chi connectivity index (χ1) is 41.2. The lowest BCUT2D eigenvalue weighted by Crippen LogP contribution is -2.61. The second kappa shape index (κ2) is 60.4. The molecule has 8 unspecified atom stereocenters. The van der Waals surface area contributed by atoms with Crippen LogP contribution in [0.3, 0.4) is 0 Å². The van der Waals surface area contributed by atoms with Crippen LogP contribution < -0.4 is 5.32 Å². The SMILES string of the molecule is CC/C=C\C/C=C\C/C=C\C/C=C\C/C=C\CCC(O)C(=O)NC(COC1OC(CO)C(O)C(O)C1OC(=O)CCCCCCCCCCCCCCCCCCCCCCCCCCCCC)C(O)/C=C/CCCCCCCCCCCC. The van der Waals surface area contributed by atoms with Gasteiger partial charge in [-0.25, -0.2) is 0 Å². The van der Waals surface area contributed by atoms with Crippen LogP contribution in [-0.4, -0.2) is 99.6 Å². The van der Waals surface area contributed by atoms with Crippen LogP contribution in [0.25, 0.3) is 0 Å². The van der Waals surface area contributed by atoms with E-state index in [4.69, 9.17) is 14.2 Å². The van der Waals surface area contributed by atoms with Gasteiger partial charge in [0, 0.05) is 6.42 Å². The van der Waals surface area contributed by atoms with E-state index in [-0.39, 0.29) is 19.4 Å². The lowest BCUT2D eigenvalue weighted by molar-refractivity contribution is -0.305. The first-order valence-electron chi connectivity index (χ1n) is 35.2. The van der Waals surface area contributed by atoms with E-state index in [2.05, 4.69) is 74.7 Å². The van der Waals surface area contributed by atoms with Gasteiger partial charge in [0.1, 0.15) is 24.4 Å². The molecular formula is C73H131NO10. The molecule has 1 saturated heterocycles. The number of aliphatic hydroxyl groups excluding tert-OH is 5. The zero-order chi connectivity index (χ0) is 61.0. The fraction of sp³-hybridized carbons (Fsp3) is 0.808. The van der Waals surface area contributed by atoms with Gasteiger partial charge in [-0.15, -0.1) is 0 Å². The molecular weight excluding hydrogens is 1050 g/mol. The van der Waals surface area contributed by atoms with Gasteiger partial charge < -0.3 is 45.1 Å². The maximum Gasteiger partial charge on any atom is 0.306 e. The van der Waals surface area contributed by atoms with Crippen LogP contribution in [0.1, 0.15) is 316 Å². The largest absolute Gasteiger partial charge is 0.454 e. The molecule has 11 heteroatoms. The Hall–Kier alpha value is -2.90. The topological polar surface area (TPSA) is 175 Å². The van der Waals surface area contributed by atoms with Crippen molar-refractivity contribution in [2.24, 2.45) is 0 Å². The van der Waals surface area contributed by atoms with E-state index in [9.17, 15) is 35.1 Å². The molecule has 0 saturated carbocycles. The standard InChI is InChI=1S/C73H131NO10/c1-4-7-10-13-16-19-22-25-27-29-30-31-32-33-34-35-36-37-38-39-41-43-46-49-52-55-58-61-68(78)84-71-70(80)69(79)67(62-75)83-73(71)82-63-64(65(76)59-56-53-50-47-44-24-21-18-15-12-9-6-3)74-72(81)66(77)60-57-54-51-48-45-42-40-28-26-23-20-17-14-11-8-5-2/h8,11,17,20,26,28,42,45,51,54,56,59,64-67,69-71,73,75-77,79-80H,4-7,9-10,12-16,18-19,21-25,27,29-41,43-44,46-50,52-53,55,57-58,60-63H2,1-3H3,(H,74,81)/b11-8-,20-17-,28-26-,45-42-,54-51-,59-56+. The van der Waals surface area contributed by atoms with E-state index in [1.807, 2.05) is 18.2 Å². The Labute approximate surface area is 515 Å². The molecule has 0 spiro atoms. The van der Waals surface area contributed by atoms with Crippen LogP contribution in [0.5, 0.6) is 0 Å². The van der Waals surface area contributed by atoms with E-state index in [0.717, 1.165) is 77.0 Å². The number of aliphatic hydroxyl groups is 5. The number of carbonyl (C=O) groups is 2. The summed E-state index contributed by atoms with van der Waals surface area (Å²) in [6.45, 7) is 5.67. The van der Waals surface area contributed by atoms with Crippen LogP contribution in [0.2, 0.25) is 0 Å². The lowest BCUT2D eigenvalue weighted by atomic mass is 9.99. The predicted octanol–water partition coefficient (Wildman–Crippen LogP) is 17.9. The van der Waals surface area contributed by atoms with Crippen molar-refractivity contribution in [2.45, 2.75) is 365 Å². The molecule has 1 fully saturated rings. The van der Waals surface area contributed by atoms with Gasteiger partial charge in [-0.2, -0.15) is 0 Å². The zero-order valence-electron chi connectivity index (χ0n) is 54.3. The highest BCUT2D eigenvalue weighted by Gasteiger charge is 2.47. The molecule has 1 heterocycles. The summed E-state index contributed by atoms with van der Waals surface area (Å²) in [6.07, 6.45) is 68.3. The lowest BCUT2D eigenvalue weighted by Gasteiger charge is -2.41. The number of amides is 1. The first kappa shape index (κ1) is 79.1. The van der Waals surface area contributed by atoms with E-state index < -0.39 is 67.4 Å². The maximum absolute atomic E-state index is 13.4. The minimum absolute atomic E-state index is 0.119. The van der Waals surface area contributed by atoms with Gasteiger partial charge in [-0.1, -0.05) is 318 Å². The summed E-state index contributed by atoms with van der Waals surface area (Å²) in [4.78, 5) is 26.6. The van der Waals surface area contributed by atoms with Crippen LogP contribution in [0.4, 0.5) is 0 Å². The fourth-order valence-corrected chi connectivity index (χ4v) is 10.9. The number of nitrogens with one attached hydrogen (secondary N) is 1. The molecule has 0 bridgehead atoms. The van der Waals surface area contributed by atoms with Crippen molar-refractivity contribution in [3.05, 3.63) is 72.9 Å². The van der Waals surface area contributed by atoms with E-state index >= 15 is 0 Å². The van der Waals surface area contributed by atoms with Crippen LogP contribution in [0, 0.1) is 0 Å². The van der Waals surface area contributed by atoms with Gasteiger partial charge in [-0.3, -0.25) is 9.59 Å². The van der Waals surface area contributed by atoms with Gasteiger partial charge in [-0.05, 0) is 64.2 Å². The number of hydrogen-bond acceptors (Lipinski definition) is 10. The molecule has 11 nitrogen and oxygen atoms in total. The molecule has 488 valence electrons. The van der Waals surface area contributed by atoms with Crippen molar-refractivity contribution < 1.29 is 49.3 Å². The third-order valence-electron chi connectivity index (χ3n) is 16.4. The molecule has 0 radical (unpaired) electrons. The van der Waals surface area contributed by atoms with Crippen LogP contribution >= 0.6 is 0 Å². The molecule has 0 aliphatic carbocycles. The van der Waals surface area contributed by atoms with Gasteiger partial charge in [0.15, 0.2) is 12.4 Å².